The van der Waals surface area contributed by atoms with E-state index in [1.807, 2.05) is 13.0 Å². The van der Waals surface area contributed by atoms with Crippen LogP contribution in [0, 0.1) is 5.92 Å². The summed E-state index contributed by atoms with van der Waals surface area (Å²) in [6, 6.07) is 6.91. The molecule has 0 saturated carbocycles. The maximum Gasteiger partial charge on any atom is 0.319 e. The average molecular weight is 341 g/mol. The van der Waals surface area contributed by atoms with Crippen molar-refractivity contribution in [2.24, 2.45) is 5.92 Å². The van der Waals surface area contributed by atoms with Crippen molar-refractivity contribution in [3.05, 3.63) is 24.3 Å². The van der Waals surface area contributed by atoms with Crippen molar-refractivity contribution in [2.45, 2.75) is 26.2 Å². The number of rotatable bonds is 6. The molecule has 0 radical (unpaired) electrons. The number of urea groups is 1. The minimum absolute atomic E-state index is 0. The molecule has 6 nitrogen and oxygen atoms in total. The van der Waals surface area contributed by atoms with Gasteiger partial charge >= 0.3 is 6.03 Å². The number of benzene rings is 1. The van der Waals surface area contributed by atoms with Gasteiger partial charge in [0.25, 0.3) is 0 Å². The average Bonchev–Trinajstić information content (AvgIpc) is 2.99. The molecule has 1 aliphatic rings. The molecule has 1 aromatic rings. The third-order valence-electron chi connectivity index (χ3n) is 3.68. The van der Waals surface area contributed by atoms with Crippen molar-refractivity contribution >= 4 is 35.7 Å². The van der Waals surface area contributed by atoms with Gasteiger partial charge in [-0.15, -0.1) is 12.4 Å². The van der Waals surface area contributed by atoms with E-state index in [0.29, 0.717) is 30.3 Å². The summed E-state index contributed by atoms with van der Waals surface area (Å²) in [5.74, 6) is 0.624. The zero-order valence-electron chi connectivity index (χ0n) is 13.4. The normalized spacial score (nSPS) is 16.3. The first-order chi connectivity index (χ1) is 10.7. The predicted molar refractivity (Wildman–Crippen MR) is 95.2 cm³/mol. The summed E-state index contributed by atoms with van der Waals surface area (Å²) in [4.78, 5) is 23.5. The number of anilines is 2. The fraction of sp³-hybridized carbons (Fsp3) is 0.500. The molecular formula is C16H25ClN4O2. The van der Waals surface area contributed by atoms with Crippen LogP contribution >= 0.6 is 12.4 Å². The molecule has 1 unspecified atom stereocenters. The predicted octanol–water partition coefficient (Wildman–Crippen LogP) is 2.58. The smallest absolute Gasteiger partial charge is 0.319 e. The maximum absolute atomic E-state index is 12.0. The Morgan fingerprint density at radius 3 is 2.65 bits per heavy atom. The zero-order valence-corrected chi connectivity index (χ0v) is 14.2. The molecule has 23 heavy (non-hydrogen) atoms. The SMILES string of the molecule is CCNC(=O)Nc1cccc(NC(=O)CCC2CCNC2)c1.Cl. The molecular weight excluding hydrogens is 316 g/mol. The molecule has 1 fully saturated rings. The van der Waals surface area contributed by atoms with E-state index in [1.54, 1.807) is 18.2 Å². The van der Waals surface area contributed by atoms with Crippen LogP contribution in [0.3, 0.4) is 0 Å². The number of amides is 3. The molecule has 1 aromatic carbocycles. The van der Waals surface area contributed by atoms with E-state index >= 15 is 0 Å². The van der Waals surface area contributed by atoms with E-state index < -0.39 is 0 Å². The van der Waals surface area contributed by atoms with Gasteiger partial charge in [-0.25, -0.2) is 4.79 Å². The van der Waals surface area contributed by atoms with Crippen molar-refractivity contribution < 1.29 is 9.59 Å². The summed E-state index contributed by atoms with van der Waals surface area (Å²) in [6.45, 7) is 4.49. The van der Waals surface area contributed by atoms with Crippen LogP contribution in [0.25, 0.3) is 0 Å². The van der Waals surface area contributed by atoms with Crippen LogP contribution in [0.5, 0.6) is 0 Å². The van der Waals surface area contributed by atoms with Gasteiger partial charge in [0.2, 0.25) is 5.91 Å². The molecule has 1 aliphatic heterocycles. The monoisotopic (exact) mass is 340 g/mol. The number of hydrogen-bond acceptors (Lipinski definition) is 3. The van der Waals surface area contributed by atoms with Crippen LogP contribution < -0.4 is 21.3 Å². The number of halogens is 1. The van der Waals surface area contributed by atoms with Gasteiger partial charge in [0.15, 0.2) is 0 Å². The van der Waals surface area contributed by atoms with Crippen LogP contribution in [0.15, 0.2) is 24.3 Å². The Morgan fingerprint density at radius 2 is 2.00 bits per heavy atom. The van der Waals surface area contributed by atoms with Gasteiger partial charge in [0.1, 0.15) is 0 Å². The molecule has 7 heteroatoms. The van der Waals surface area contributed by atoms with Gasteiger partial charge in [0, 0.05) is 24.3 Å². The Balaban J connectivity index is 0.00000264. The lowest BCUT2D eigenvalue weighted by Crippen LogP contribution is -2.28. The fourth-order valence-corrected chi connectivity index (χ4v) is 2.53. The lowest BCUT2D eigenvalue weighted by molar-refractivity contribution is -0.116. The van der Waals surface area contributed by atoms with E-state index in [9.17, 15) is 9.59 Å². The second-order valence-corrected chi connectivity index (χ2v) is 5.51. The number of hydrogen-bond donors (Lipinski definition) is 4. The summed E-state index contributed by atoms with van der Waals surface area (Å²) in [5, 5.41) is 11.6. The van der Waals surface area contributed by atoms with Crippen molar-refractivity contribution in [3.63, 3.8) is 0 Å². The largest absolute Gasteiger partial charge is 0.338 e. The van der Waals surface area contributed by atoms with E-state index in [-0.39, 0.29) is 24.3 Å². The van der Waals surface area contributed by atoms with Crippen LogP contribution in [0.2, 0.25) is 0 Å². The molecule has 0 spiro atoms. The molecule has 3 amide bonds. The number of nitrogens with one attached hydrogen (secondary N) is 4. The molecule has 128 valence electrons. The van der Waals surface area contributed by atoms with Crippen molar-refractivity contribution in [1.82, 2.24) is 10.6 Å². The van der Waals surface area contributed by atoms with E-state index in [0.717, 1.165) is 25.9 Å². The Bertz CT molecular complexity index is 519. The Morgan fingerprint density at radius 1 is 1.26 bits per heavy atom. The maximum atomic E-state index is 12.0. The van der Waals surface area contributed by atoms with Crippen LogP contribution in [0.4, 0.5) is 16.2 Å². The van der Waals surface area contributed by atoms with Gasteiger partial charge in [-0.1, -0.05) is 6.07 Å². The lowest BCUT2D eigenvalue weighted by Gasteiger charge is -2.10. The van der Waals surface area contributed by atoms with Gasteiger partial charge in [-0.3, -0.25) is 4.79 Å². The first-order valence-electron chi connectivity index (χ1n) is 7.83. The fourth-order valence-electron chi connectivity index (χ4n) is 2.53. The summed E-state index contributed by atoms with van der Waals surface area (Å²) >= 11 is 0. The van der Waals surface area contributed by atoms with Gasteiger partial charge in [-0.2, -0.15) is 0 Å². The highest BCUT2D eigenvalue weighted by molar-refractivity contribution is 5.93. The van der Waals surface area contributed by atoms with Crippen LogP contribution in [-0.2, 0) is 4.79 Å². The molecule has 1 heterocycles. The Labute approximate surface area is 143 Å². The van der Waals surface area contributed by atoms with Crippen LogP contribution in [0.1, 0.15) is 26.2 Å². The molecule has 0 aromatic heterocycles. The second kappa shape index (κ2) is 10.1. The quantitative estimate of drug-likeness (QED) is 0.642. The van der Waals surface area contributed by atoms with Crippen LogP contribution in [-0.4, -0.2) is 31.6 Å². The topological polar surface area (TPSA) is 82.3 Å². The summed E-state index contributed by atoms with van der Waals surface area (Å²) in [5.41, 5.74) is 1.35. The molecule has 1 atom stereocenters. The van der Waals surface area contributed by atoms with E-state index in [2.05, 4.69) is 21.3 Å². The summed E-state index contributed by atoms with van der Waals surface area (Å²) in [7, 11) is 0. The molecule has 4 N–H and O–H groups in total. The Kier molecular flexibility index (Phi) is 8.43. The standard InChI is InChI=1S/C16H24N4O2.ClH/c1-2-18-16(22)20-14-5-3-4-13(10-14)19-15(21)7-6-12-8-9-17-11-12;/h3-5,10,12,17H,2,6-9,11H2,1H3,(H,19,21)(H2,18,20,22);1H. The first kappa shape index (κ1) is 19.3. The zero-order chi connectivity index (χ0) is 15.8. The highest BCUT2D eigenvalue weighted by Gasteiger charge is 2.15. The molecule has 0 aliphatic carbocycles. The minimum Gasteiger partial charge on any atom is -0.338 e. The van der Waals surface area contributed by atoms with Crippen molar-refractivity contribution in [2.75, 3.05) is 30.3 Å². The summed E-state index contributed by atoms with van der Waals surface area (Å²) in [6.07, 6.45) is 2.59. The number of carbonyl (C=O) groups is 2. The highest BCUT2D eigenvalue weighted by Crippen LogP contribution is 2.17. The number of carbonyl (C=O) groups excluding carboxylic acids is 2. The first-order valence-corrected chi connectivity index (χ1v) is 7.83. The van der Waals surface area contributed by atoms with Gasteiger partial charge in [-0.05, 0) is 57.0 Å². The molecule has 1 saturated heterocycles. The third-order valence-corrected chi connectivity index (χ3v) is 3.68. The van der Waals surface area contributed by atoms with Crippen molar-refractivity contribution in [3.8, 4) is 0 Å². The minimum atomic E-state index is -0.250. The lowest BCUT2D eigenvalue weighted by atomic mass is 10.0. The second-order valence-electron chi connectivity index (χ2n) is 5.51. The van der Waals surface area contributed by atoms with Gasteiger partial charge in [0.05, 0.1) is 0 Å². The van der Waals surface area contributed by atoms with Crippen molar-refractivity contribution in [1.29, 1.82) is 0 Å². The van der Waals surface area contributed by atoms with Gasteiger partial charge < -0.3 is 21.3 Å². The highest BCUT2D eigenvalue weighted by atomic mass is 35.5. The van der Waals surface area contributed by atoms with E-state index in [1.165, 1.54) is 0 Å². The molecule has 2 rings (SSSR count). The molecule has 0 bridgehead atoms. The summed E-state index contributed by atoms with van der Waals surface area (Å²) < 4.78 is 0. The third kappa shape index (κ3) is 6.88. The van der Waals surface area contributed by atoms with E-state index in [4.69, 9.17) is 0 Å². The Hall–Kier alpha value is -1.79.